The smallest absolute Gasteiger partial charge is 0.147 e. The minimum atomic E-state index is -0.440. The number of halogens is 1. The van der Waals surface area contributed by atoms with Gasteiger partial charge >= 0.3 is 0 Å². The number of phenols is 1. The highest BCUT2D eigenvalue weighted by molar-refractivity contribution is 9.15. The second-order valence-electron chi connectivity index (χ2n) is 4.93. The fraction of sp³-hybridized carbons (Fsp3) is 0.118. The van der Waals surface area contributed by atoms with Crippen molar-refractivity contribution in [2.45, 2.75) is 6.04 Å². The molecule has 1 N–H and O–H groups in total. The number of methoxy groups -OCH3 is 1. The Kier molecular flexibility index (Phi) is 3.90. The number of phenolic OH excluding ortho intramolecular Hbond substituents is 1. The van der Waals surface area contributed by atoms with E-state index in [4.69, 9.17) is 4.74 Å². The summed E-state index contributed by atoms with van der Waals surface area (Å²) < 4.78 is 5.97. The molecular weight excluding hydrogens is 346 g/mol. The van der Waals surface area contributed by atoms with Gasteiger partial charge in [-0.05, 0) is 63.5 Å². The van der Waals surface area contributed by atoms with Crippen LogP contribution in [0, 0.1) is 0 Å². The number of benzene rings is 2. The van der Waals surface area contributed by atoms with Crippen LogP contribution < -0.4 is 9.64 Å². The first-order valence-corrected chi connectivity index (χ1v) is 7.51. The highest BCUT2D eigenvalue weighted by Gasteiger charge is 2.27. The van der Waals surface area contributed by atoms with Crippen LogP contribution in [0.3, 0.4) is 0 Å². The van der Waals surface area contributed by atoms with Crippen molar-refractivity contribution in [3.63, 3.8) is 0 Å². The number of anilines is 1. The van der Waals surface area contributed by atoms with Crippen molar-refractivity contribution >= 4 is 32.4 Å². The lowest BCUT2D eigenvalue weighted by Crippen LogP contribution is -2.28. The van der Waals surface area contributed by atoms with Crippen molar-refractivity contribution in [1.29, 1.82) is 0 Å². The molecule has 22 heavy (non-hydrogen) atoms. The van der Waals surface area contributed by atoms with E-state index in [-0.39, 0.29) is 5.75 Å². The van der Waals surface area contributed by atoms with Gasteiger partial charge in [-0.2, -0.15) is 0 Å². The molecule has 1 unspecified atom stereocenters. The zero-order valence-electron chi connectivity index (χ0n) is 11.9. The molecule has 0 saturated heterocycles. The van der Waals surface area contributed by atoms with Crippen molar-refractivity contribution in [2.24, 2.45) is 0 Å². The Morgan fingerprint density at radius 2 is 1.95 bits per heavy atom. The van der Waals surface area contributed by atoms with Gasteiger partial charge in [0.05, 0.1) is 7.11 Å². The molecule has 1 atom stereocenters. The van der Waals surface area contributed by atoms with Crippen LogP contribution >= 0.6 is 15.9 Å². The molecule has 0 amide bonds. The van der Waals surface area contributed by atoms with Crippen LogP contribution in [0.15, 0.2) is 48.7 Å². The average molecular weight is 360 g/mol. The second kappa shape index (κ2) is 5.85. The zero-order valence-corrected chi connectivity index (χ0v) is 13.4. The summed E-state index contributed by atoms with van der Waals surface area (Å²) in [5, 5.41) is 9.64. The monoisotopic (exact) mass is 359 g/mol. The third-order valence-electron chi connectivity index (χ3n) is 3.66. The van der Waals surface area contributed by atoms with Crippen LogP contribution in [0.1, 0.15) is 17.2 Å². The maximum absolute atomic E-state index is 11.6. The van der Waals surface area contributed by atoms with E-state index in [1.165, 1.54) is 0 Å². The third-order valence-corrected chi connectivity index (χ3v) is 4.30. The number of aromatic hydroxyl groups is 1. The molecule has 1 aliphatic heterocycles. The molecular formula is C17H14BrNO3. The molecule has 0 saturated carbocycles. The molecule has 0 fully saturated rings. The van der Waals surface area contributed by atoms with Gasteiger partial charge < -0.3 is 19.5 Å². The predicted octanol–water partition coefficient (Wildman–Crippen LogP) is 3.85. The molecule has 112 valence electrons. The Labute approximate surface area is 136 Å². The van der Waals surface area contributed by atoms with Gasteiger partial charge in [0.25, 0.3) is 0 Å². The molecule has 1 heterocycles. The van der Waals surface area contributed by atoms with E-state index >= 15 is 0 Å². The normalized spacial score (nSPS) is 16.7. The van der Waals surface area contributed by atoms with E-state index in [1.807, 2.05) is 35.4 Å². The molecule has 4 nitrogen and oxygen atoms in total. The number of nitrogens with zero attached hydrogens (tertiary/aromatic N) is 1. The fourth-order valence-corrected chi connectivity index (χ4v) is 3.12. The van der Waals surface area contributed by atoms with Gasteiger partial charge in [-0.15, -0.1) is 0 Å². The van der Waals surface area contributed by atoms with E-state index in [1.54, 1.807) is 25.3 Å². The van der Waals surface area contributed by atoms with Crippen molar-refractivity contribution in [3.05, 3.63) is 59.8 Å². The zero-order chi connectivity index (χ0) is 15.7. The minimum absolute atomic E-state index is 0.173. The lowest BCUT2D eigenvalue weighted by molar-refractivity contribution is -0.109. The van der Waals surface area contributed by atoms with Gasteiger partial charge in [-0.3, -0.25) is 0 Å². The van der Waals surface area contributed by atoms with Gasteiger partial charge in [-0.1, -0.05) is 6.07 Å². The van der Waals surface area contributed by atoms with E-state index in [0.717, 1.165) is 33.3 Å². The van der Waals surface area contributed by atoms with Crippen molar-refractivity contribution in [3.8, 4) is 11.5 Å². The first-order valence-electron chi connectivity index (χ1n) is 6.72. The first kappa shape index (κ1) is 14.7. The third kappa shape index (κ3) is 2.48. The Balaban J connectivity index is 2.07. The molecule has 0 spiro atoms. The van der Waals surface area contributed by atoms with Crippen LogP contribution in [-0.2, 0) is 4.79 Å². The number of fused-ring (bicyclic) bond motifs is 1. The lowest BCUT2D eigenvalue weighted by Gasteiger charge is -2.33. The van der Waals surface area contributed by atoms with Crippen molar-refractivity contribution < 1.29 is 14.6 Å². The van der Waals surface area contributed by atoms with Crippen molar-refractivity contribution in [1.82, 2.24) is 0 Å². The molecule has 0 bridgehead atoms. The van der Waals surface area contributed by atoms with Crippen LogP contribution in [0.5, 0.6) is 11.5 Å². The standard InChI is InChI=1S/C17H14BrNO3/c1-22-13-5-2-11(3-6-13)19-9-16(18)15-8-12(21)4-7-14(15)17(19)10-20/h2-10,17,21H,1H3. The topological polar surface area (TPSA) is 49.8 Å². The summed E-state index contributed by atoms with van der Waals surface area (Å²) in [4.78, 5) is 13.5. The number of hydrogen-bond donors (Lipinski definition) is 1. The SMILES string of the molecule is COc1ccc(N2C=C(Br)c3cc(O)ccc3C2C=O)cc1. The maximum atomic E-state index is 11.6. The summed E-state index contributed by atoms with van der Waals surface area (Å²) >= 11 is 3.51. The molecule has 5 heteroatoms. The molecule has 1 aliphatic rings. The molecule has 3 rings (SSSR count). The number of carbonyl (C=O) groups is 1. The van der Waals surface area contributed by atoms with Gasteiger partial charge in [-0.25, -0.2) is 0 Å². The highest BCUT2D eigenvalue weighted by Crippen LogP contribution is 2.40. The summed E-state index contributed by atoms with van der Waals surface area (Å²) in [5.41, 5.74) is 2.55. The van der Waals surface area contributed by atoms with E-state index < -0.39 is 6.04 Å². The number of ether oxygens (including phenoxy) is 1. The fourth-order valence-electron chi connectivity index (χ4n) is 2.56. The summed E-state index contributed by atoms with van der Waals surface area (Å²) in [5.74, 6) is 0.934. The number of carbonyl (C=O) groups excluding carboxylic acids is 1. The summed E-state index contributed by atoms with van der Waals surface area (Å²) in [7, 11) is 1.61. The first-order chi connectivity index (χ1) is 10.6. The van der Waals surface area contributed by atoms with E-state index in [0.29, 0.717) is 0 Å². The molecule has 0 aliphatic carbocycles. The van der Waals surface area contributed by atoms with Crippen LogP contribution in [0.25, 0.3) is 4.48 Å². The Bertz CT molecular complexity index is 740. The largest absolute Gasteiger partial charge is 0.508 e. The van der Waals surface area contributed by atoms with Crippen LogP contribution in [-0.4, -0.2) is 18.5 Å². The van der Waals surface area contributed by atoms with E-state index in [9.17, 15) is 9.90 Å². The number of rotatable bonds is 3. The van der Waals surface area contributed by atoms with Gasteiger partial charge in [0.15, 0.2) is 0 Å². The van der Waals surface area contributed by atoms with Crippen LogP contribution in [0.2, 0.25) is 0 Å². The summed E-state index contributed by atoms with van der Waals surface area (Å²) in [6.45, 7) is 0. The Morgan fingerprint density at radius 3 is 2.59 bits per heavy atom. The molecule has 0 aromatic heterocycles. The second-order valence-corrected chi connectivity index (χ2v) is 5.79. The highest BCUT2D eigenvalue weighted by atomic mass is 79.9. The number of hydrogen-bond acceptors (Lipinski definition) is 4. The lowest BCUT2D eigenvalue weighted by atomic mass is 9.96. The van der Waals surface area contributed by atoms with E-state index in [2.05, 4.69) is 15.9 Å². The van der Waals surface area contributed by atoms with Gasteiger partial charge in [0.2, 0.25) is 0 Å². The van der Waals surface area contributed by atoms with Gasteiger partial charge in [0, 0.05) is 16.4 Å². The summed E-state index contributed by atoms with van der Waals surface area (Å²) in [6, 6.07) is 12.1. The maximum Gasteiger partial charge on any atom is 0.147 e. The molecule has 0 radical (unpaired) electrons. The summed E-state index contributed by atoms with van der Waals surface area (Å²) in [6.07, 6.45) is 2.75. The Morgan fingerprint density at radius 1 is 1.23 bits per heavy atom. The van der Waals surface area contributed by atoms with Crippen molar-refractivity contribution in [2.75, 3.05) is 12.0 Å². The quantitative estimate of drug-likeness (QED) is 0.845. The molecule has 2 aromatic rings. The van der Waals surface area contributed by atoms with Crippen LogP contribution in [0.4, 0.5) is 5.69 Å². The van der Waals surface area contributed by atoms with Gasteiger partial charge in [0.1, 0.15) is 23.8 Å². The predicted molar refractivity (Wildman–Crippen MR) is 89.3 cm³/mol. The molecule has 2 aromatic carbocycles. The minimum Gasteiger partial charge on any atom is -0.508 e. The number of aldehydes is 1. The average Bonchev–Trinajstić information content (AvgIpc) is 2.55. The Hall–Kier alpha value is -2.27.